The van der Waals surface area contributed by atoms with Crippen LogP contribution < -0.4 is 20.5 Å². The zero-order chi connectivity index (χ0) is 15.0. The highest BCUT2D eigenvalue weighted by Gasteiger charge is 2.08. The van der Waals surface area contributed by atoms with E-state index in [0.29, 0.717) is 19.6 Å². The van der Waals surface area contributed by atoms with Crippen LogP contribution in [0.2, 0.25) is 0 Å². The van der Waals surface area contributed by atoms with E-state index in [2.05, 4.69) is 5.32 Å². The van der Waals surface area contributed by atoms with Gasteiger partial charge in [0.2, 0.25) is 5.91 Å². The van der Waals surface area contributed by atoms with Crippen molar-refractivity contribution >= 4 is 5.91 Å². The van der Waals surface area contributed by atoms with Crippen molar-refractivity contribution < 1.29 is 14.3 Å². The van der Waals surface area contributed by atoms with Crippen LogP contribution in [0, 0.1) is 0 Å². The highest BCUT2D eigenvalue weighted by molar-refractivity contribution is 5.76. The summed E-state index contributed by atoms with van der Waals surface area (Å²) in [6.45, 7) is 4.75. The Balaban J connectivity index is 2.58. The standard InChI is InChI=1S/C15H24N2O3/c1-11(2)17-15(18)7-9-20-14-10-13(19-3)5-4-12(14)6-8-16/h4-5,10-11H,6-9,16H2,1-3H3,(H,17,18). The summed E-state index contributed by atoms with van der Waals surface area (Å²) in [6.07, 6.45) is 1.06. The molecule has 0 aliphatic rings. The first-order valence-electron chi connectivity index (χ1n) is 6.86. The van der Waals surface area contributed by atoms with E-state index in [1.807, 2.05) is 32.0 Å². The molecule has 0 unspecified atom stereocenters. The second-order valence-corrected chi connectivity index (χ2v) is 4.83. The van der Waals surface area contributed by atoms with Crippen LogP contribution in [-0.4, -0.2) is 32.2 Å². The number of methoxy groups -OCH3 is 1. The number of ether oxygens (including phenoxy) is 2. The Morgan fingerprint density at radius 1 is 1.40 bits per heavy atom. The molecule has 5 nitrogen and oxygen atoms in total. The number of hydrogen-bond donors (Lipinski definition) is 2. The molecule has 20 heavy (non-hydrogen) atoms. The normalized spacial score (nSPS) is 10.4. The summed E-state index contributed by atoms with van der Waals surface area (Å²) in [6, 6.07) is 5.79. The van der Waals surface area contributed by atoms with E-state index in [0.717, 1.165) is 23.5 Å². The predicted octanol–water partition coefficient (Wildman–Crippen LogP) is 1.49. The molecule has 3 N–H and O–H groups in total. The molecule has 1 amide bonds. The van der Waals surface area contributed by atoms with E-state index in [1.54, 1.807) is 7.11 Å². The van der Waals surface area contributed by atoms with E-state index < -0.39 is 0 Å². The molecule has 1 rings (SSSR count). The Morgan fingerprint density at radius 2 is 2.15 bits per heavy atom. The molecular weight excluding hydrogens is 256 g/mol. The largest absolute Gasteiger partial charge is 0.497 e. The molecule has 0 saturated heterocycles. The second-order valence-electron chi connectivity index (χ2n) is 4.83. The van der Waals surface area contributed by atoms with Gasteiger partial charge in [-0.05, 0) is 38.4 Å². The summed E-state index contributed by atoms with van der Waals surface area (Å²) in [5.74, 6) is 1.45. The Labute approximate surface area is 120 Å². The lowest BCUT2D eigenvalue weighted by Gasteiger charge is -2.13. The van der Waals surface area contributed by atoms with Crippen molar-refractivity contribution in [1.29, 1.82) is 0 Å². The molecule has 0 aliphatic carbocycles. The van der Waals surface area contributed by atoms with Crippen LogP contribution >= 0.6 is 0 Å². The van der Waals surface area contributed by atoms with Crippen LogP contribution in [0.25, 0.3) is 0 Å². The van der Waals surface area contributed by atoms with E-state index >= 15 is 0 Å². The first-order valence-corrected chi connectivity index (χ1v) is 6.86. The van der Waals surface area contributed by atoms with Crippen molar-refractivity contribution in [2.45, 2.75) is 32.7 Å². The molecule has 0 saturated carbocycles. The van der Waals surface area contributed by atoms with Crippen LogP contribution in [-0.2, 0) is 11.2 Å². The van der Waals surface area contributed by atoms with Gasteiger partial charge in [-0.1, -0.05) is 6.07 Å². The highest BCUT2D eigenvalue weighted by Crippen LogP contribution is 2.25. The van der Waals surface area contributed by atoms with Gasteiger partial charge in [0.05, 0.1) is 20.1 Å². The lowest BCUT2D eigenvalue weighted by molar-refractivity contribution is -0.122. The Hall–Kier alpha value is -1.75. The lowest BCUT2D eigenvalue weighted by atomic mass is 10.1. The van der Waals surface area contributed by atoms with Crippen molar-refractivity contribution in [3.05, 3.63) is 23.8 Å². The number of amides is 1. The van der Waals surface area contributed by atoms with Crippen molar-refractivity contribution in [2.24, 2.45) is 5.73 Å². The maximum absolute atomic E-state index is 11.5. The van der Waals surface area contributed by atoms with Crippen molar-refractivity contribution in [1.82, 2.24) is 5.32 Å². The summed E-state index contributed by atoms with van der Waals surface area (Å²) >= 11 is 0. The molecule has 0 fully saturated rings. The molecule has 0 radical (unpaired) electrons. The minimum atomic E-state index is -0.0109. The Morgan fingerprint density at radius 3 is 2.75 bits per heavy atom. The molecular formula is C15H24N2O3. The summed E-state index contributed by atoms with van der Waals surface area (Å²) in [4.78, 5) is 11.5. The summed E-state index contributed by atoms with van der Waals surface area (Å²) in [7, 11) is 1.61. The zero-order valence-electron chi connectivity index (χ0n) is 12.4. The van der Waals surface area contributed by atoms with E-state index in [1.165, 1.54) is 0 Å². The third-order valence-electron chi connectivity index (χ3n) is 2.72. The van der Waals surface area contributed by atoms with Gasteiger partial charge in [0.25, 0.3) is 0 Å². The first-order chi connectivity index (χ1) is 9.56. The van der Waals surface area contributed by atoms with Gasteiger partial charge in [-0.25, -0.2) is 0 Å². The van der Waals surface area contributed by atoms with Gasteiger partial charge in [0.15, 0.2) is 0 Å². The van der Waals surface area contributed by atoms with Gasteiger partial charge in [0, 0.05) is 12.1 Å². The van der Waals surface area contributed by atoms with Crippen LogP contribution in [0.15, 0.2) is 18.2 Å². The van der Waals surface area contributed by atoms with Gasteiger partial charge in [-0.3, -0.25) is 4.79 Å². The van der Waals surface area contributed by atoms with Gasteiger partial charge >= 0.3 is 0 Å². The van der Waals surface area contributed by atoms with Crippen molar-refractivity contribution in [3.8, 4) is 11.5 Å². The average Bonchev–Trinajstić information content (AvgIpc) is 2.40. The van der Waals surface area contributed by atoms with Gasteiger partial charge in [-0.2, -0.15) is 0 Å². The fraction of sp³-hybridized carbons (Fsp3) is 0.533. The number of nitrogens with two attached hydrogens (primary N) is 1. The number of benzene rings is 1. The topological polar surface area (TPSA) is 73.6 Å². The SMILES string of the molecule is COc1ccc(CCN)c(OCCC(=O)NC(C)C)c1. The maximum Gasteiger partial charge on any atom is 0.223 e. The molecule has 0 spiro atoms. The molecule has 0 heterocycles. The molecule has 0 bridgehead atoms. The number of carbonyl (C=O) groups is 1. The summed E-state index contributed by atoms with van der Waals surface area (Å²) < 4.78 is 10.9. The van der Waals surface area contributed by atoms with Crippen LogP contribution in [0.5, 0.6) is 11.5 Å². The molecule has 0 aliphatic heterocycles. The zero-order valence-corrected chi connectivity index (χ0v) is 12.4. The lowest BCUT2D eigenvalue weighted by Crippen LogP contribution is -2.31. The first kappa shape index (κ1) is 16.3. The van der Waals surface area contributed by atoms with Crippen LogP contribution in [0.1, 0.15) is 25.8 Å². The monoisotopic (exact) mass is 280 g/mol. The smallest absolute Gasteiger partial charge is 0.223 e. The van der Waals surface area contributed by atoms with Gasteiger partial charge in [0.1, 0.15) is 11.5 Å². The molecule has 0 atom stereocenters. The fourth-order valence-electron chi connectivity index (χ4n) is 1.81. The highest BCUT2D eigenvalue weighted by atomic mass is 16.5. The molecule has 1 aromatic rings. The van der Waals surface area contributed by atoms with Gasteiger partial charge in [-0.15, -0.1) is 0 Å². The number of rotatable bonds is 8. The maximum atomic E-state index is 11.5. The Kier molecular flexibility index (Phi) is 6.87. The number of nitrogens with one attached hydrogen (secondary N) is 1. The van der Waals surface area contributed by atoms with E-state index in [-0.39, 0.29) is 11.9 Å². The third-order valence-corrected chi connectivity index (χ3v) is 2.72. The van der Waals surface area contributed by atoms with E-state index in [9.17, 15) is 4.79 Å². The summed E-state index contributed by atoms with van der Waals surface area (Å²) in [5.41, 5.74) is 6.61. The van der Waals surface area contributed by atoms with Crippen LogP contribution in [0.3, 0.4) is 0 Å². The van der Waals surface area contributed by atoms with Crippen molar-refractivity contribution in [3.63, 3.8) is 0 Å². The molecule has 112 valence electrons. The Bertz CT molecular complexity index is 433. The predicted molar refractivity (Wildman–Crippen MR) is 79.1 cm³/mol. The number of hydrogen-bond acceptors (Lipinski definition) is 4. The minimum absolute atomic E-state index is 0.0109. The fourth-order valence-corrected chi connectivity index (χ4v) is 1.81. The number of carbonyl (C=O) groups excluding carboxylic acids is 1. The summed E-state index contributed by atoms with van der Waals surface area (Å²) in [5, 5.41) is 2.83. The third kappa shape index (κ3) is 5.48. The molecule has 0 aromatic heterocycles. The second kappa shape index (κ2) is 8.43. The van der Waals surface area contributed by atoms with Crippen molar-refractivity contribution in [2.75, 3.05) is 20.3 Å². The average molecular weight is 280 g/mol. The quantitative estimate of drug-likeness (QED) is 0.756. The van der Waals surface area contributed by atoms with Crippen LogP contribution in [0.4, 0.5) is 0 Å². The van der Waals surface area contributed by atoms with E-state index in [4.69, 9.17) is 15.2 Å². The van der Waals surface area contributed by atoms with Gasteiger partial charge < -0.3 is 20.5 Å². The molecule has 5 heteroatoms. The minimum Gasteiger partial charge on any atom is -0.497 e. The molecule has 1 aromatic carbocycles.